The van der Waals surface area contributed by atoms with E-state index in [1.807, 2.05) is 0 Å². The highest BCUT2D eigenvalue weighted by Gasteiger charge is 2.31. The van der Waals surface area contributed by atoms with Crippen molar-refractivity contribution in [2.75, 3.05) is 24.5 Å². The molecule has 1 fully saturated rings. The summed E-state index contributed by atoms with van der Waals surface area (Å²) in [4.78, 5) is 18.0. The first-order valence-corrected chi connectivity index (χ1v) is 11.2. The van der Waals surface area contributed by atoms with Crippen LogP contribution in [0.2, 0.25) is 0 Å². The molecule has 0 radical (unpaired) electrons. The number of nitrogens with one attached hydrogen (secondary N) is 2. The van der Waals surface area contributed by atoms with Crippen molar-refractivity contribution in [1.82, 2.24) is 15.0 Å². The Morgan fingerprint density at radius 1 is 1.26 bits per heavy atom. The molecule has 1 atom stereocenters. The number of aromatic nitrogens is 1. The SMILES string of the molecule is Cc1cccc(S(=O)(=O)NCCC(=O)NC2CCN(c3ccc(C(F)(F)F)cn3)C2)c1. The van der Waals surface area contributed by atoms with Crippen LogP contribution in [0.4, 0.5) is 19.0 Å². The van der Waals surface area contributed by atoms with Gasteiger partial charge in [0, 0.05) is 38.3 Å². The number of halogens is 3. The molecule has 3 rings (SSSR count). The van der Waals surface area contributed by atoms with Gasteiger partial charge in [-0.15, -0.1) is 0 Å². The molecule has 1 saturated heterocycles. The number of nitrogens with zero attached hydrogens (tertiary/aromatic N) is 2. The molecule has 2 aromatic rings. The fourth-order valence-corrected chi connectivity index (χ4v) is 4.43. The minimum Gasteiger partial charge on any atom is -0.354 e. The third-order valence-corrected chi connectivity index (χ3v) is 6.36. The largest absolute Gasteiger partial charge is 0.417 e. The summed E-state index contributed by atoms with van der Waals surface area (Å²) in [5.74, 6) is 0.106. The van der Waals surface area contributed by atoms with E-state index in [4.69, 9.17) is 0 Å². The second-order valence-electron chi connectivity index (χ2n) is 7.37. The number of anilines is 1. The lowest BCUT2D eigenvalue weighted by Crippen LogP contribution is -2.39. The highest BCUT2D eigenvalue weighted by atomic mass is 32.2. The summed E-state index contributed by atoms with van der Waals surface area (Å²) in [5.41, 5.74) is 0.00218. The van der Waals surface area contributed by atoms with E-state index < -0.39 is 21.8 Å². The van der Waals surface area contributed by atoms with Crippen LogP contribution in [0.1, 0.15) is 24.0 Å². The van der Waals surface area contributed by atoms with E-state index in [0.29, 0.717) is 25.3 Å². The van der Waals surface area contributed by atoms with Crippen molar-refractivity contribution in [3.05, 3.63) is 53.7 Å². The topological polar surface area (TPSA) is 91.4 Å². The third kappa shape index (κ3) is 6.17. The number of alkyl halides is 3. The first-order valence-electron chi connectivity index (χ1n) is 9.68. The number of hydrogen-bond acceptors (Lipinski definition) is 5. The van der Waals surface area contributed by atoms with Crippen LogP contribution in [-0.2, 0) is 21.0 Å². The lowest BCUT2D eigenvalue weighted by atomic mass is 10.2. The number of benzene rings is 1. The van der Waals surface area contributed by atoms with E-state index in [0.717, 1.165) is 17.8 Å². The number of hydrogen-bond donors (Lipinski definition) is 2. The minimum atomic E-state index is -4.44. The summed E-state index contributed by atoms with van der Waals surface area (Å²) < 4.78 is 64.9. The fourth-order valence-electron chi connectivity index (χ4n) is 3.29. The molecule has 1 aliphatic heterocycles. The van der Waals surface area contributed by atoms with Gasteiger partial charge in [-0.3, -0.25) is 4.79 Å². The normalized spacial score (nSPS) is 17.0. The molecule has 1 unspecified atom stereocenters. The van der Waals surface area contributed by atoms with E-state index >= 15 is 0 Å². The van der Waals surface area contributed by atoms with Crippen LogP contribution in [0.25, 0.3) is 0 Å². The molecule has 2 heterocycles. The Morgan fingerprint density at radius 2 is 2.03 bits per heavy atom. The molecule has 31 heavy (non-hydrogen) atoms. The maximum Gasteiger partial charge on any atom is 0.417 e. The summed E-state index contributed by atoms with van der Waals surface area (Å²) in [6, 6.07) is 8.57. The quantitative estimate of drug-likeness (QED) is 0.668. The number of sulfonamides is 1. The summed E-state index contributed by atoms with van der Waals surface area (Å²) in [6.07, 6.45) is -3.06. The van der Waals surface area contributed by atoms with Crippen molar-refractivity contribution < 1.29 is 26.4 Å². The molecule has 1 aromatic carbocycles. The van der Waals surface area contributed by atoms with Gasteiger partial charge in [-0.05, 0) is 43.2 Å². The maximum absolute atomic E-state index is 12.6. The predicted molar refractivity (Wildman–Crippen MR) is 109 cm³/mol. The van der Waals surface area contributed by atoms with Gasteiger partial charge >= 0.3 is 6.18 Å². The monoisotopic (exact) mass is 456 g/mol. The van der Waals surface area contributed by atoms with E-state index in [2.05, 4.69) is 15.0 Å². The molecule has 0 bridgehead atoms. The van der Waals surface area contributed by atoms with Crippen molar-refractivity contribution in [3.63, 3.8) is 0 Å². The molecule has 7 nitrogen and oxygen atoms in total. The van der Waals surface area contributed by atoms with Crippen LogP contribution in [0.3, 0.4) is 0 Å². The maximum atomic E-state index is 12.6. The van der Waals surface area contributed by atoms with Gasteiger partial charge in [0.15, 0.2) is 0 Å². The first kappa shape index (κ1) is 23.0. The van der Waals surface area contributed by atoms with Gasteiger partial charge in [0.25, 0.3) is 0 Å². The highest BCUT2D eigenvalue weighted by molar-refractivity contribution is 7.89. The van der Waals surface area contributed by atoms with Gasteiger partial charge in [-0.25, -0.2) is 18.1 Å². The molecule has 0 saturated carbocycles. The van der Waals surface area contributed by atoms with Crippen molar-refractivity contribution in [3.8, 4) is 0 Å². The Morgan fingerprint density at radius 3 is 2.68 bits per heavy atom. The lowest BCUT2D eigenvalue weighted by Gasteiger charge is -2.18. The van der Waals surface area contributed by atoms with Gasteiger partial charge < -0.3 is 10.2 Å². The molecule has 1 aromatic heterocycles. The Labute approximate surface area is 178 Å². The zero-order valence-electron chi connectivity index (χ0n) is 16.8. The molecule has 0 aliphatic carbocycles. The number of rotatable bonds is 7. The second kappa shape index (κ2) is 9.23. The van der Waals surface area contributed by atoms with Gasteiger partial charge in [0.1, 0.15) is 5.82 Å². The summed E-state index contributed by atoms with van der Waals surface area (Å²) in [6.45, 7) is 2.71. The average Bonchev–Trinajstić information content (AvgIpc) is 3.15. The Bertz CT molecular complexity index is 1030. The summed E-state index contributed by atoms with van der Waals surface area (Å²) >= 11 is 0. The van der Waals surface area contributed by atoms with Crippen LogP contribution >= 0.6 is 0 Å². The van der Waals surface area contributed by atoms with Gasteiger partial charge in [0.2, 0.25) is 15.9 Å². The molecule has 11 heteroatoms. The van der Waals surface area contributed by atoms with E-state index in [1.165, 1.54) is 12.1 Å². The van der Waals surface area contributed by atoms with Crippen molar-refractivity contribution in [1.29, 1.82) is 0 Å². The van der Waals surface area contributed by atoms with Crippen molar-refractivity contribution in [2.45, 2.75) is 36.9 Å². The van der Waals surface area contributed by atoms with Crippen LogP contribution < -0.4 is 14.9 Å². The minimum absolute atomic E-state index is 0.0277. The van der Waals surface area contributed by atoms with Crippen molar-refractivity contribution >= 4 is 21.7 Å². The Kier molecular flexibility index (Phi) is 6.85. The summed E-state index contributed by atoms with van der Waals surface area (Å²) in [7, 11) is -3.69. The summed E-state index contributed by atoms with van der Waals surface area (Å²) in [5, 5.41) is 2.83. The molecular weight excluding hydrogens is 433 g/mol. The Balaban J connectivity index is 1.45. The molecular formula is C20H23F3N4O3S. The average molecular weight is 456 g/mol. The van der Waals surface area contributed by atoms with Crippen LogP contribution in [0.5, 0.6) is 0 Å². The third-order valence-electron chi connectivity index (χ3n) is 4.90. The van der Waals surface area contributed by atoms with E-state index in [-0.39, 0.29) is 29.8 Å². The number of carbonyl (C=O) groups is 1. The zero-order valence-corrected chi connectivity index (χ0v) is 17.6. The molecule has 1 aliphatic rings. The van der Waals surface area contributed by atoms with Gasteiger partial charge in [-0.1, -0.05) is 12.1 Å². The van der Waals surface area contributed by atoms with Crippen LogP contribution in [0.15, 0.2) is 47.5 Å². The molecule has 0 spiro atoms. The Hall–Kier alpha value is -2.66. The van der Waals surface area contributed by atoms with E-state index in [9.17, 15) is 26.4 Å². The zero-order chi connectivity index (χ0) is 22.6. The standard InChI is InChI=1S/C20H23F3N4O3S/c1-14-3-2-4-17(11-14)31(29,30)25-9-7-19(28)26-16-8-10-27(13-16)18-6-5-15(12-24-18)20(21,22)23/h2-6,11-12,16,25H,7-10,13H2,1H3,(H,26,28). The second-order valence-corrected chi connectivity index (χ2v) is 9.13. The number of carbonyl (C=O) groups excluding carboxylic acids is 1. The van der Waals surface area contributed by atoms with Crippen molar-refractivity contribution in [2.24, 2.45) is 0 Å². The number of pyridine rings is 1. The van der Waals surface area contributed by atoms with Crippen LogP contribution in [-0.4, -0.2) is 45.0 Å². The number of aryl methyl sites for hydroxylation is 1. The molecule has 168 valence electrons. The van der Waals surface area contributed by atoms with Crippen LogP contribution in [0, 0.1) is 6.92 Å². The lowest BCUT2D eigenvalue weighted by molar-refractivity contribution is -0.137. The van der Waals surface area contributed by atoms with Gasteiger partial charge in [-0.2, -0.15) is 13.2 Å². The van der Waals surface area contributed by atoms with E-state index in [1.54, 1.807) is 30.0 Å². The van der Waals surface area contributed by atoms with Gasteiger partial charge in [0.05, 0.1) is 10.5 Å². The fraction of sp³-hybridized carbons (Fsp3) is 0.400. The highest BCUT2D eigenvalue weighted by Crippen LogP contribution is 2.29. The first-order chi connectivity index (χ1) is 14.5. The molecule has 1 amide bonds. The number of amides is 1. The molecule has 2 N–H and O–H groups in total. The predicted octanol–water partition coefficient (Wildman–Crippen LogP) is 2.47. The smallest absolute Gasteiger partial charge is 0.354 e.